The Bertz CT molecular complexity index is 892. The van der Waals surface area contributed by atoms with E-state index in [1.165, 1.54) is 16.9 Å². The summed E-state index contributed by atoms with van der Waals surface area (Å²) < 4.78 is 29.0. The van der Waals surface area contributed by atoms with E-state index < -0.39 is 10.0 Å². The molecule has 0 aliphatic carbocycles. The van der Waals surface area contributed by atoms with E-state index in [1.54, 1.807) is 37.5 Å². The maximum atomic E-state index is 12.6. The Kier molecular flexibility index (Phi) is 3.02. The molecule has 108 valence electrons. The second kappa shape index (κ2) is 4.74. The summed E-state index contributed by atoms with van der Waals surface area (Å²) in [4.78, 5) is 4.30. The van der Waals surface area contributed by atoms with E-state index in [0.29, 0.717) is 10.9 Å². The van der Waals surface area contributed by atoms with E-state index in [2.05, 4.69) is 14.8 Å². The molecule has 3 N–H and O–H groups in total. The highest BCUT2D eigenvalue weighted by atomic mass is 32.2. The summed E-state index contributed by atoms with van der Waals surface area (Å²) in [5.74, 6) is 0.232. The molecule has 0 spiro atoms. The molecule has 2 aromatic heterocycles. The summed E-state index contributed by atoms with van der Waals surface area (Å²) in [7, 11) is -2.18. The zero-order chi connectivity index (χ0) is 15.0. The first-order chi connectivity index (χ1) is 9.99. The van der Waals surface area contributed by atoms with Crippen LogP contribution in [-0.2, 0) is 17.1 Å². The smallest absolute Gasteiger partial charge is 0.263 e. The van der Waals surface area contributed by atoms with E-state index in [0.717, 1.165) is 0 Å². The molecule has 7 nitrogen and oxygen atoms in total. The fourth-order valence-corrected chi connectivity index (χ4v) is 3.41. The van der Waals surface area contributed by atoms with Gasteiger partial charge in [0, 0.05) is 18.6 Å². The van der Waals surface area contributed by atoms with Crippen LogP contribution in [0.4, 0.5) is 11.5 Å². The van der Waals surface area contributed by atoms with Crippen molar-refractivity contribution in [3.05, 3.63) is 42.7 Å². The van der Waals surface area contributed by atoms with Crippen LogP contribution >= 0.6 is 0 Å². The number of nitrogen functional groups attached to an aromatic ring is 1. The Morgan fingerprint density at radius 1 is 1.24 bits per heavy atom. The predicted octanol–water partition coefficient (Wildman–Crippen LogP) is 1.35. The molecule has 8 heteroatoms. The minimum Gasteiger partial charge on any atom is -0.394 e. The molecule has 0 radical (unpaired) electrons. The SMILES string of the molecule is Cn1ncc(N)c1NS(=O)(=O)c1cccc2ncccc12. The van der Waals surface area contributed by atoms with Gasteiger partial charge in [0.1, 0.15) is 0 Å². The lowest BCUT2D eigenvalue weighted by Crippen LogP contribution is -2.16. The number of aromatic nitrogens is 3. The Balaban J connectivity index is 2.13. The number of hydrogen-bond donors (Lipinski definition) is 2. The molecule has 0 bridgehead atoms. The maximum absolute atomic E-state index is 12.6. The molecule has 0 amide bonds. The minimum atomic E-state index is -3.79. The standard InChI is InChI=1S/C13H13N5O2S/c1-18-13(10(14)8-16-18)17-21(19,20)12-6-2-5-11-9(12)4-3-7-15-11/h2-8,17H,14H2,1H3. The molecule has 0 saturated heterocycles. The van der Waals surface area contributed by atoms with Crippen molar-refractivity contribution >= 4 is 32.4 Å². The van der Waals surface area contributed by atoms with Crippen molar-refractivity contribution in [2.24, 2.45) is 7.05 Å². The zero-order valence-corrected chi connectivity index (χ0v) is 12.0. The highest BCUT2D eigenvalue weighted by molar-refractivity contribution is 7.93. The number of pyridine rings is 1. The zero-order valence-electron chi connectivity index (χ0n) is 11.2. The first-order valence-corrected chi connectivity index (χ1v) is 7.61. The second-order valence-electron chi connectivity index (χ2n) is 4.50. The van der Waals surface area contributed by atoms with Crippen LogP contribution in [0.5, 0.6) is 0 Å². The molecule has 0 aliphatic heterocycles. The lowest BCUT2D eigenvalue weighted by Gasteiger charge is -2.11. The molecule has 3 aromatic rings. The van der Waals surface area contributed by atoms with Crippen LogP contribution in [0.2, 0.25) is 0 Å². The summed E-state index contributed by atoms with van der Waals surface area (Å²) in [6, 6.07) is 8.34. The molecular formula is C13H13N5O2S. The van der Waals surface area contributed by atoms with Crippen molar-refractivity contribution in [2.45, 2.75) is 4.90 Å². The van der Waals surface area contributed by atoms with Crippen LogP contribution < -0.4 is 10.5 Å². The average Bonchev–Trinajstić information content (AvgIpc) is 2.78. The molecule has 1 aromatic carbocycles. The summed E-state index contributed by atoms with van der Waals surface area (Å²) >= 11 is 0. The molecular weight excluding hydrogens is 290 g/mol. The number of hydrogen-bond acceptors (Lipinski definition) is 5. The molecule has 3 rings (SSSR count). The highest BCUT2D eigenvalue weighted by Gasteiger charge is 2.20. The van der Waals surface area contributed by atoms with Gasteiger partial charge in [0.15, 0.2) is 5.82 Å². The number of sulfonamides is 1. The third-order valence-electron chi connectivity index (χ3n) is 3.09. The quantitative estimate of drug-likeness (QED) is 0.760. The second-order valence-corrected chi connectivity index (χ2v) is 6.15. The van der Waals surface area contributed by atoms with Crippen LogP contribution in [-0.4, -0.2) is 23.2 Å². The Morgan fingerprint density at radius 3 is 2.76 bits per heavy atom. The molecule has 0 unspecified atom stereocenters. The fraction of sp³-hybridized carbons (Fsp3) is 0.0769. The van der Waals surface area contributed by atoms with Gasteiger partial charge < -0.3 is 5.73 Å². The third-order valence-corrected chi connectivity index (χ3v) is 4.49. The van der Waals surface area contributed by atoms with Gasteiger partial charge in [0.05, 0.1) is 22.3 Å². The Hall–Kier alpha value is -2.61. The highest BCUT2D eigenvalue weighted by Crippen LogP contribution is 2.25. The van der Waals surface area contributed by atoms with Gasteiger partial charge in [-0.3, -0.25) is 14.4 Å². The van der Waals surface area contributed by atoms with Crippen LogP contribution in [0.1, 0.15) is 0 Å². The first kappa shape index (κ1) is 13.4. The molecule has 0 saturated carbocycles. The van der Waals surface area contributed by atoms with Crippen LogP contribution in [0.15, 0.2) is 47.6 Å². The van der Waals surface area contributed by atoms with E-state index in [-0.39, 0.29) is 16.4 Å². The van der Waals surface area contributed by atoms with Crippen molar-refractivity contribution in [3.8, 4) is 0 Å². The summed E-state index contributed by atoms with van der Waals surface area (Å²) in [6.45, 7) is 0. The van der Waals surface area contributed by atoms with Gasteiger partial charge in [0.2, 0.25) is 0 Å². The lowest BCUT2D eigenvalue weighted by atomic mass is 10.2. The lowest BCUT2D eigenvalue weighted by molar-refractivity contribution is 0.601. The topological polar surface area (TPSA) is 103 Å². The molecule has 0 fully saturated rings. The van der Waals surface area contributed by atoms with Gasteiger partial charge in [-0.25, -0.2) is 8.42 Å². The van der Waals surface area contributed by atoms with E-state index in [9.17, 15) is 8.42 Å². The van der Waals surface area contributed by atoms with Gasteiger partial charge in [-0.05, 0) is 24.3 Å². The number of benzene rings is 1. The number of nitrogens with zero attached hydrogens (tertiary/aromatic N) is 3. The van der Waals surface area contributed by atoms with Crippen molar-refractivity contribution < 1.29 is 8.42 Å². The Morgan fingerprint density at radius 2 is 2.05 bits per heavy atom. The number of anilines is 2. The summed E-state index contributed by atoms with van der Waals surface area (Å²) in [6.07, 6.45) is 3.01. The van der Waals surface area contributed by atoms with Gasteiger partial charge in [-0.15, -0.1) is 0 Å². The largest absolute Gasteiger partial charge is 0.394 e. The van der Waals surface area contributed by atoms with E-state index >= 15 is 0 Å². The maximum Gasteiger partial charge on any atom is 0.263 e. The average molecular weight is 303 g/mol. The number of nitrogens with two attached hydrogens (primary N) is 1. The van der Waals surface area contributed by atoms with Crippen molar-refractivity contribution in [3.63, 3.8) is 0 Å². The van der Waals surface area contributed by atoms with Gasteiger partial charge in [-0.1, -0.05) is 6.07 Å². The van der Waals surface area contributed by atoms with Crippen LogP contribution in [0.3, 0.4) is 0 Å². The van der Waals surface area contributed by atoms with Gasteiger partial charge in [0.25, 0.3) is 10.0 Å². The molecule has 2 heterocycles. The van der Waals surface area contributed by atoms with E-state index in [4.69, 9.17) is 5.73 Å². The molecule has 21 heavy (non-hydrogen) atoms. The van der Waals surface area contributed by atoms with Crippen molar-refractivity contribution in [1.82, 2.24) is 14.8 Å². The molecule has 0 atom stereocenters. The monoisotopic (exact) mass is 303 g/mol. The Labute approximate surface area is 121 Å². The number of rotatable bonds is 3. The van der Waals surface area contributed by atoms with Crippen molar-refractivity contribution in [2.75, 3.05) is 10.5 Å². The first-order valence-electron chi connectivity index (χ1n) is 6.13. The summed E-state index contributed by atoms with van der Waals surface area (Å²) in [5.41, 5.74) is 6.59. The van der Waals surface area contributed by atoms with Crippen LogP contribution in [0, 0.1) is 0 Å². The molecule has 0 aliphatic rings. The summed E-state index contributed by atoms with van der Waals surface area (Å²) in [5, 5.41) is 4.46. The predicted molar refractivity (Wildman–Crippen MR) is 80.2 cm³/mol. The van der Waals surface area contributed by atoms with Gasteiger partial charge >= 0.3 is 0 Å². The third kappa shape index (κ3) is 2.29. The van der Waals surface area contributed by atoms with E-state index in [1.807, 2.05) is 0 Å². The fourth-order valence-electron chi connectivity index (χ4n) is 2.07. The van der Waals surface area contributed by atoms with Gasteiger partial charge in [-0.2, -0.15) is 5.10 Å². The number of fused-ring (bicyclic) bond motifs is 1. The normalized spacial score (nSPS) is 11.7. The van der Waals surface area contributed by atoms with Crippen LogP contribution in [0.25, 0.3) is 10.9 Å². The number of nitrogens with one attached hydrogen (secondary N) is 1. The number of aryl methyl sites for hydroxylation is 1. The van der Waals surface area contributed by atoms with Crippen molar-refractivity contribution in [1.29, 1.82) is 0 Å². The minimum absolute atomic E-state index is 0.147.